The molecule has 16 heavy (non-hydrogen) atoms. The number of nitrogens with zero attached hydrogens (tertiary/aromatic N) is 1. The van der Waals surface area contributed by atoms with Gasteiger partial charge in [-0.05, 0) is 25.5 Å². The molecule has 0 spiro atoms. The van der Waals surface area contributed by atoms with Crippen LogP contribution in [0.3, 0.4) is 0 Å². The Morgan fingerprint density at radius 2 is 1.88 bits per heavy atom. The first kappa shape index (κ1) is 16.2. The smallest absolute Gasteiger partial charge is 0.108 e. The first-order chi connectivity index (χ1) is 7.49. The molecule has 0 saturated carbocycles. The summed E-state index contributed by atoms with van der Waals surface area (Å²) in [6.07, 6.45) is 8.45. The van der Waals surface area contributed by atoms with Crippen LogP contribution in [0.2, 0.25) is 19.6 Å². The molecule has 0 heterocycles. The zero-order valence-electron chi connectivity index (χ0n) is 11.8. The maximum absolute atomic E-state index is 4.59. The molecular weight excluding hydrogens is 230 g/mol. The van der Waals surface area contributed by atoms with Gasteiger partial charge in [0, 0.05) is 11.8 Å². The van der Waals surface area contributed by atoms with Gasteiger partial charge < -0.3 is 0 Å². The average molecular weight is 260 g/mol. The van der Waals surface area contributed by atoms with E-state index in [-0.39, 0.29) is 0 Å². The van der Waals surface area contributed by atoms with Gasteiger partial charge in [0.05, 0.1) is 0 Å². The van der Waals surface area contributed by atoms with Gasteiger partial charge in [-0.15, -0.1) is 0 Å². The lowest BCUT2D eigenvalue weighted by Gasteiger charge is -2.22. The summed E-state index contributed by atoms with van der Waals surface area (Å²) in [6.45, 7) is 12.8. The van der Waals surface area contributed by atoms with Crippen molar-refractivity contribution in [1.82, 2.24) is 0 Å². The van der Waals surface area contributed by atoms with Crippen LogP contribution in [0.25, 0.3) is 0 Å². The van der Waals surface area contributed by atoms with Crippen LogP contribution in [0.5, 0.6) is 0 Å². The third-order valence-electron chi connectivity index (χ3n) is 2.26. The molecular formula is C13H29NSSi. The molecule has 0 fully saturated rings. The molecule has 0 amide bonds. The van der Waals surface area contributed by atoms with Crippen molar-refractivity contribution >= 4 is 24.6 Å². The fraction of sp³-hybridized carbons (Fsp3) is 0.923. The lowest BCUT2D eigenvalue weighted by Crippen LogP contribution is -2.22. The summed E-state index contributed by atoms with van der Waals surface area (Å²) in [6, 6.07) is 0. The van der Waals surface area contributed by atoms with E-state index in [2.05, 4.69) is 55.9 Å². The summed E-state index contributed by atoms with van der Waals surface area (Å²) < 4.78 is 0. The fourth-order valence-electron chi connectivity index (χ4n) is 1.59. The van der Waals surface area contributed by atoms with Crippen LogP contribution in [0.4, 0.5) is 0 Å². The Morgan fingerprint density at radius 3 is 2.38 bits per heavy atom. The molecule has 0 aromatic carbocycles. The summed E-state index contributed by atoms with van der Waals surface area (Å²) >= 11 is 2.22. The lowest BCUT2D eigenvalue weighted by atomic mass is 10.2. The van der Waals surface area contributed by atoms with Crippen molar-refractivity contribution in [2.45, 2.75) is 70.8 Å². The molecule has 0 radical (unpaired) electrons. The Kier molecular flexibility index (Phi) is 9.42. The second kappa shape index (κ2) is 9.29. The van der Waals surface area contributed by atoms with E-state index >= 15 is 0 Å². The Labute approximate surface area is 107 Å². The lowest BCUT2D eigenvalue weighted by molar-refractivity contribution is 0.745. The van der Waals surface area contributed by atoms with Crippen molar-refractivity contribution in [3.63, 3.8) is 0 Å². The Balaban J connectivity index is 3.89. The molecule has 0 aromatic rings. The average Bonchev–Trinajstić information content (AvgIpc) is 2.15. The van der Waals surface area contributed by atoms with Crippen LogP contribution in [0.15, 0.2) is 4.99 Å². The van der Waals surface area contributed by atoms with Crippen molar-refractivity contribution < 1.29 is 0 Å². The van der Waals surface area contributed by atoms with Crippen LogP contribution in [0, 0.1) is 0 Å². The van der Waals surface area contributed by atoms with Crippen LogP contribution in [-0.2, 0) is 0 Å². The monoisotopic (exact) mass is 259 g/mol. The first-order valence-electron chi connectivity index (χ1n) is 6.65. The Bertz CT molecular complexity index is 187. The Morgan fingerprint density at radius 1 is 1.19 bits per heavy atom. The third-order valence-corrected chi connectivity index (χ3v) is 6.80. The van der Waals surface area contributed by atoms with Gasteiger partial charge in [-0.3, -0.25) is 4.99 Å². The summed E-state index contributed by atoms with van der Waals surface area (Å²) in [4.78, 5) is 4.59. The first-order valence-corrected chi connectivity index (χ1v) is 11.8. The minimum absolute atomic E-state index is 0.759. The van der Waals surface area contributed by atoms with Crippen molar-refractivity contribution in [2.75, 3.05) is 6.54 Å². The maximum Gasteiger partial charge on any atom is 0.108 e. The van der Waals surface area contributed by atoms with Gasteiger partial charge in [0.15, 0.2) is 0 Å². The number of rotatable bonds is 9. The van der Waals surface area contributed by atoms with E-state index in [9.17, 15) is 0 Å². The van der Waals surface area contributed by atoms with Gasteiger partial charge in [0.25, 0.3) is 0 Å². The maximum atomic E-state index is 4.59. The SMILES string of the molecule is CCCCC=NCC(CCC)S[Si](C)(C)C. The number of hydrogen-bond donors (Lipinski definition) is 0. The second-order valence-electron chi connectivity index (χ2n) is 5.33. The minimum atomic E-state index is -0.990. The van der Waals surface area contributed by atoms with Gasteiger partial charge in [-0.2, -0.15) is 11.2 Å². The van der Waals surface area contributed by atoms with Gasteiger partial charge in [0.1, 0.15) is 7.22 Å². The van der Waals surface area contributed by atoms with Gasteiger partial charge in [0.2, 0.25) is 0 Å². The highest BCUT2D eigenvalue weighted by atomic mass is 32.4. The number of hydrogen-bond acceptors (Lipinski definition) is 2. The predicted molar refractivity (Wildman–Crippen MR) is 82.5 cm³/mol. The molecule has 0 bridgehead atoms. The second-order valence-corrected chi connectivity index (χ2v) is 14.8. The molecule has 0 aliphatic carbocycles. The zero-order valence-corrected chi connectivity index (χ0v) is 13.6. The predicted octanol–water partition coefficient (Wildman–Crippen LogP) is 4.98. The molecule has 0 N–H and O–H groups in total. The standard InChI is InChI=1S/C13H29NSSi/c1-6-8-9-11-14-12-13(10-7-2)15-16(3,4)5/h11,13H,6-10,12H2,1-5H3. The molecule has 1 nitrogen and oxygen atoms in total. The van der Waals surface area contributed by atoms with Gasteiger partial charge in [-0.25, -0.2) is 0 Å². The molecule has 0 aliphatic rings. The third kappa shape index (κ3) is 10.7. The Hall–Kier alpha value is 0.237. The van der Waals surface area contributed by atoms with Crippen LogP contribution < -0.4 is 0 Å². The molecule has 3 heteroatoms. The summed E-state index contributed by atoms with van der Waals surface area (Å²) in [7, 11) is -0.990. The molecule has 0 rings (SSSR count). The van der Waals surface area contributed by atoms with Crippen LogP contribution in [0.1, 0.15) is 46.0 Å². The molecule has 0 saturated heterocycles. The molecule has 1 unspecified atom stereocenters. The fourth-order valence-corrected chi connectivity index (χ4v) is 6.68. The normalized spacial score (nSPS) is 14.6. The van der Waals surface area contributed by atoms with E-state index < -0.39 is 7.22 Å². The number of unbranched alkanes of at least 4 members (excludes halogenated alkanes) is 2. The molecule has 0 aromatic heterocycles. The van der Waals surface area contributed by atoms with Crippen molar-refractivity contribution in [1.29, 1.82) is 0 Å². The zero-order chi connectivity index (χ0) is 12.4. The van der Waals surface area contributed by atoms with E-state index in [1.165, 1.54) is 25.7 Å². The summed E-state index contributed by atoms with van der Waals surface area (Å²) in [5, 5.41) is 0.759. The highest BCUT2D eigenvalue weighted by Gasteiger charge is 2.19. The summed E-state index contributed by atoms with van der Waals surface area (Å²) in [5.74, 6) is 0. The van der Waals surface area contributed by atoms with Crippen molar-refractivity contribution in [2.24, 2.45) is 4.99 Å². The summed E-state index contributed by atoms with van der Waals surface area (Å²) in [5.41, 5.74) is 0. The highest BCUT2D eigenvalue weighted by Crippen LogP contribution is 2.27. The topological polar surface area (TPSA) is 12.4 Å². The van der Waals surface area contributed by atoms with Crippen molar-refractivity contribution in [3.8, 4) is 0 Å². The van der Waals surface area contributed by atoms with Crippen LogP contribution >= 0.6 is 11.2 Å². The molecule has 96 valence electrons. The van der Waals surface area contributed by atoms with E-state index in [1.807, 2.05) is 0 Å². The molecule has 0 aliphatic heterocycles. The van der Waals surface area contributed by atoms with E-state index in [4.69, 9.17) is 0 Å². The van der Waals surface area contributed by atoms with E-state index in [0.717, 1.165) is 18.2 Å². The van der Waals surface area contributed by atoms with Crippen LogP contribution in [-0.4, -0.2) is 25.2 Å². The molecule has 1 atom stereocenters. The minimum Gasteiger partial charge on any atom is -0.296 e. The highest BCUT2D eigenvalue weighted by molar-refractivity contribution is 8.29. The largest absolute Gasteiger partial charge is 0.296 e. The quantitative estimate of drug-likeness (QED) is 0.323. The van der Waals surface area contributed by atoms with E-state index in [0.29, 0.717) is 0 Å². The van der Waals surface area contributed by atoms with Crippen molar-refractivity contribution in [3.05, 3.63) is 0 Å². The van der Waals surface area contributed by atoms with Gasteiger partial charge >= 0.3 is 0 Å². The number of aliphatic imine (C=N–C) groups is 1. The van der Waals surface area contributed by atoms with E-state index in [1.54, 1.807) is 0 Å². The van der Waals surface area contributed by atoms with Gasteiger partial charge in [-0.1, -0.05) is 46.3 Å².